The number of amides is 1. The Morgan fingerprint density at radius 1 is 1.07 bits per heavy atom. The summed E-state index contributed by atoms with van der Waals surface area (Å²) in [5, 5.41) is 3.35. The summed E-state index contributed by atoms with van der Waals surface area (Å²) in [4.78, 5) is 14.7. The van der Waals surface area contributed by atoms with Crippen molar-refractivity contribution < 1.29 is 13.2 Å². The third-order valence-electron chi connectivity index (χ3n) is 4.72. The number of rotatable bonds is 7. The van der Waals surface area contributed by atoms with Crippen LogP contribution in [0, 0.1) is 0 Å². The lowest BCUT2D eigenvalue weighted by molar-refractivity contribution is -0.119. The number of carbonyl (C=O) groups excluding carboxylic acids is 1. The van der Waals surface area contributed by atoms with Gasteiger partial charge in [-0.2, -0.15) is 0 Å². The van der Waals surface area contributed by atoms with E-state index in [-0.39, 0.29) is 12.2 Å². The first kappa shape index (κ1) is 21.7. The van der Waals surface area contributed by atoms with Gasteiger partial charge in [0, 0.05) is 35.4 Å². The monoisotopic (exact) mass is 455 g/mol. The number of hydrogen-bond donors (Lipinski definition) is 1. The topological polar surface area (TPSA) is 69.7 Å². The zero-order chi connectivity index (χ0) is 21.0. The molecule has 0 bridgehead atoms. The minimum Gasteiger partial charge on any atom is -0.372 e. The van der Waals surface area contributed by atoms with Crippen molar-refractivity contribution in [2.45, 2.75) is 19.4 Å². The molecule has 1 heterocycles. The van der Waals surface area contributed by atoms with Crippen LogP contribution in [0.25, 0.3) is 0 Å². The number of hydrogen-bond acceptors (Lipinski definition) is 4. The molecule has 3 rings (SSSR count). The van der Waals surface area contributed by atoms with E-state index in [1.807, 2.05) is 24.3 Å². The van der Waals surface area contributed by atoms with Gasteiger partial charge in [0.1, 0.15) is 6.54 Å². The lowest BCUT2D eigenvalue weighted by Crippen LogP contribution is -2.40. The average Bonchev–Trinajstić information content (AvgIpc) is 3.18. The van der Waals surface area contributed by atoms with E-state index in [1.165, 1.54) is 36.7 Å². The normalized spacial score (nSPS) is 14.1. The quantitative estimate of drug-likeness (QED) is 0.690. The largest absolute Gasteiger partial charge is 0.372 e. The van der Waals surface area contributed by atoms with E-state index in [0.29, 0.717) is 16.6 Å². The van der Waals surface area contributed by atoms with Crippen LogP contribution >= 0.6 is 23.2 Å². The highest BCUT2D eigenvalue weighted by Gasteiger charge is 2.21. The zero-order valence-electron chi connectivity index (χ0n) is 16.1. The highest BCUT2D eigenvalue weighted by Crippen LogP contribution is 2.27. The Hall–Kier alpha value is -1.96. The van der Waals surface area contributed by atoms with Crippen molar-refractivity contribution >= 4 is 50.5 Å². The van der Waals surface area contributed by atoms with Gasteiger partial charge >= 0.3 is 0 Å². The van der Waals surface area contributed by atoms with Crippen molar-refractivity contribution in [3.63, 3.8) is 0 Å². The van der Waals surface area contributed by atoms with Crippen LogP contribution in [0.3, 0.4) is 0 Å². The summed E-state index contributed by atoms with van der Waals surface area (Å²) < 4.78 is 25.3. The minimum atomic E-state index is -3.69. The molecule has 0 saturated carbocycles. The molecule has 1 aliphatic rings. The molecule has 1 saturated heterocycles. The molecule has 0 radical (unpaired) electrons. The predicted molar refractivity (Wildman–Crippen MR) is 118 cm³/mol. The molecule has 2 aromatic rings. The molecular weight excluding hydrogens is 433 g/mol. The van der Waals surface area contributed by atoms with E-state index in [2.05, 4.69) is 10.2 Å². The van der Waals surface area contributed by atoms with Gasteiger partial charge in [0.15, 0.2) is 0 Å². The van der Waals surface area contributed by atoms with Crippen molar-refractivity contribution in [3.05, 3.63) is 58.1 Å². The van der Waals surface area contributed by atoms with Crippen LogP contribution in [-0.2, 0) is 21.4 Å². The molecule has 0 aromatic heterocycles. The Morgan fingerprint density at radius 2 is 1.66 bits per heavy atom. The number of halogens is 2. The summed E-state index contributed by atoms with van der Waals surface area (Å²) in [6.07, 6.45) is 3.46. The summed E-state index contributed by atoms with van der Waals surface area (Å²) in [6, 6.07) is 12.4. The average molecular weight is 456 g/mol. The highest BCUT2D eigenvalue weighted by atomic mass is 35.5. The predicted octanol–water partition coefficient (Wildman–Crippen LogP) is 3.68. The van der Waals surface area contributed by atoms with Crippen molar-refractivity contribution in [2.75, 3.05) is 35.1 Å². The van der Waals surface area contributed by atoms with E-state index in [4.69, 9.17) is 23.2 Å². The van der Waals surface area contributed by atoms with Gasteiger partial charge < -0.3 is 10.2 Å². The maximum atomic E-state index is 12.4. The fourth-order valence-electron chi connectivity index (χ4n) is 3.27. The maximum absolute atomic E-state index is 12.4. The van der Waals surface area contributed by atoms with E-state index in [9.17, 15) is 13.2 Å². The molecule has 29 heavy (non-hydrogen) atoms. The summed E-state index contributed by atoms with van der Waals surface area (Å²) >= 11 is 11.9. The molecule has 6 nitrogen and oxygen atoms in total. The first-order valence-electron chi connectivity index (χ1n) is 9.27. The molecule has 0 aliphatic carbocycles. The van der Waals surface area contributed by atoms with Gasteiger partial charge in [-0.3, -0.25) is 9.10 Å². The fraction of sp³-hybridized carbons (Fsp3) is 0.350. The van der Waals surface area contributed by atoms with Crippen LogP contribution in [-0.4, -0.2) is 40.2 Å². The van der Waals surface area contributed by atoms with Crippen LogP contribution < -0.4 is 14.5 Å². The van der Waals surface area contributed by atoms with Crippen LogP contribution in [0.2, 0.25) is 10.0 Å². The van der Waals surface area contributed by atoms with Gasteiger partial charge in [0.25, 0.3) is 0 Å². The van der Waals surface area contributed by atoms with Crippen LogP contribution in [0.4, 0.5) is 11.4 Å². The van der Waals surface area contributed by atoms with Crippen LogP contribution in [0.5, 0.6) is 0 Å². The second-order valence-electron chi connectivity index (χ2n) is 7.03. The summed E-state index contributed by atoms with van der Waals surface area (Å²) in [7, 11) is -3.69. The second kappa shape index (κ2) is 9.24. The second-order valence-corrected chi connectivity index (χ2v) is 9.81. The number of benzene rings is 2. The molecule has 0 atom stereocenters. The van der Waals surface area contributed by atoms with Crippen LogP contribution in [0.15, 0.2) is 42.5 Å². The molecule has 1 fully saturated rings. The minimum absolute atomic E-state index is 0.245. The fourth-order valence-corrected chi connectivity index (χ4v) is 4.62. The van der Waals surface area contributed by atoms with Crippen LogP contribution in [0.1, 0.15) is 18.4 Å². The third-order valence-corrected chi connectivity index (χ3v) is 6.30. The Balaban J connectivity index is 1.63. The van der Waals surface area contributed by atoms with Gasteiger partial charge in [0.05, 0.1) is 11.9 Å². The smallest absolute Gasteiger partial charge is 0.241 e. The molecule has 1 N–H and O–H groups in total. The summed E-state index contributed by atoms with van der Waals surface area (Å²) in [6.45, 7) is 2.10. The molecule has 156 valence electrons. The highest BCUT2D eigenvalue weighted by molar-refractivity contribution is 7.92. The van der Waals surface area contributed by atoms with Gasteiger partial charge in [-0.1, -0.05) is 35.3 Å². The Labute approximate surface area is 181 Å². The van der Waals surface area contributed by atoms with E-state index < -0.39 is 15.9 Å². The van der Waals surface area contributed by atoms with Gasteiger partial charge in [-0.05, 0) is 48.7 Å². The standard InChI is InChI=1S/C20H23Cl2N3O3S/c1-29(27,28)25(19-11-16(21)10-17(22)12-19)14-20(26)23-13-15-4-6-18(7-5-15)24-8-2-3-9-24/h4-7,10-12H,2-3,8-9,13-14H2,1H3,(H,23,26). The maximum Gasteiger partial charge on any atom is 0.241 e. The molecule has 1 amide bonds. The third kappa shape index (κ3) is 6.01. The number of nitrogens with zero attached hydrogens (tertiary/aromatic N) is 2. The Kier molecular flexibility index (Phi) is 6.93. The van der Waals surface area contributed by atoms with Gasteiger partial charge in [-0.15, -0.1) is 0 Å². The van der Waals surface area contributed by atoms with E-state index >= 15 is 0 Å². The number of nitrogens with one attached hydrogen (secondary N) is 1. The molecular formula is C20H23Cl2N3O3S. The van der Waals surface area contributed by atoms with Crippen molar-refractivity contribution in [1.82, 2.24) is 5.32 Å². The first-order valence-corrected chi connectivity index (χ1v) is 11.9. The Morgan fingerprint density at radius 3 is 2.21 bits per heavy atom. The van der Waals surface area contributed by atoms with Crippen molar-refractivity contribution in [3.8, 4) is 0 Å². The number of carbonyl (C=O) groups is 1. The molecule has 9 heteroatoms. The van der Waals surface area contributed by atoms with E-state index in [0.717, 1.165) is 29.2 Å². The number of anilines is 2. The first-order chi connectivity index (χ1) is 13.7. The Bertz CT molecular complexity index is 955. The number of sulfonamides is 1. The SMILES string of the molecule is CS(=O)(=O)N(CC(=O)NCc1ccc(N2CCCC2)cc1)c1cc(Cl)cc(Cl)c1. The van der Waals surface area contributed by atoms with E-state index in [1.54, 1.807) is 0 Å². The lowest BCUT2D eigenvalue weighted by atomic mass is 10.2. The summed E-state index contributed by atoms with van der Waals surface area (Å²) in [5.74, 6) is -0.421. The molecule has 2 aromatic carbocycles. The molecule has 0 spiro atoms. The van der Waals surface area contributed by atoms with Crippen molar-refractivity contribution in [1.29, 1.82) is 0 Å². The lowest BCUT2D eigenvalue weighted by Gasteiger charge is -2.22. The zero-order valence-corrected chi connectivity index (χ0v) is 18.4. The molecule has 1 aliphatic heterocycles. The van der Waals surface area contributed by atoms with Gasteiger partial charge in [-0.25, -0.2) is 8.42 Å². The summed E-state index contributed by atoms with van der Waals surface area (Å²) in [5.41, 5.74) is 2.37. The van der Waals surface area contributed by atoms with Crippen molar-refractivity contribution in [2.24, 2.45) is 0 Å². The van der Waals surface area contributed by atoms with Gasteiger partial charge in [0.2, 0.25) is 15.9 Å². The molecule has 0 unspecified atom stereocenters.